The fourth-order valence-electron chi connectivity index (χ4n) is 2.68. The summed E-state index contributed by atoms with van der Waals surface area (Å²) in [5.41, 5.74) is -1.76. The lowest BCUT2D eigenvalue weighted by Crippen LogP contribution is -2.52. The second-order valence-electron chi connectivity index (χ2n) is 6.57. The summed E-state index contributed by atoms with van der Waals surface area (Å²) in [5, 5.41) is -0.497. The predicted octanol–water partition coefficient (Wildman–Crippen LogP) is 6.63. The second-order valence-corrected chi connectivity index (χ2v) is 7.76. The van der Waals surface area contributed by atoms with Gasteiger partial charge in [-0.15, -0.1) is 0 Å². The number of carbonyl (C=O) groups is 2. The van der Waals surface area contributed by atoms with E-state index < -0.39 is 35.4 Å². The fraction of sp³-hybridized carbons (Fsp3) is 0.200. The van der Waals surface area contributed by atoms with E-state index in [1.807, 2.05) is 0 Å². The smallest absolute Gasteiger partial charge is 0.410 e. The Morgan fingerprint density at radius 3 is 2.03 bits per heavy atom. The first-order chi connectivity index (χ1) is 14.5. The van der Waals surface area contributed by atoms with Crippen LogP contribution in [0.25, 0.3) is 5.57 Å². The molecule has 0 aromatic heterocycles. The first kappa shape index (κ1) is 23.4. The Kier molecular flexibility index (Phi) is 6.83. The van der Waals surface area contributed by atoms with E-state index >= 15 is 0 Å². The van der Waals surface area contributed by atoms with Gasteiger partial charge in [0.25, 0.3) is 0 Å². The third-order valence-electron chi connectivity index (χ3n) is 4.31. The van der Waals surface area contributed by atoms with Crippen LogP contribution in [0, 0.1) is 0 Å². The number of alkyl halides is 4. The number of benzene rings is 2. The van der Waals surface area contributed by atoms with Gasteiger partial charge in [0.05, 0.1) is 33.7 Å². The molecule has 0 unspecified atom stereocenters. The van der Waals surface area contributed by atoms with E-state index in [1.54, 1.807) is 0 Å². The molecular weight excluding hydrogens is 485 g/mol. The summed E-state index contributed by atoms with van der Waals surface area (Å²) >= 11 is 17.4. The Bertz CT molecular complexity index is 1030. The highest BCUT2D eigenvalue weighted by Gasteiger charge is 2.36. The molecule has 0 atom stereocenters. The second kappa shape index (κ2) is 9.06. The summed E-state index contributed by atoms with van der Waals surface area (Å²) in [5.74, 6) is -0.893. The molecule has 1 saturated heterocycles. The van der Waals surface area contributed by atoms with Gasteiger partial charge < -0.3 is 9.64 Å². The van der Waals surface area contributed by atoms with Gasteiger partial charge in [-0.05, 0) is 48.0 Å². The quantitative estimate of drug-likeness (QED) is 0.207. The van der Waals surface area contributed by atoms with Crippen LogP contribution in [0.2, 0.25) is 15.1 Å². The Balaban J connectivity index is 1.82. The van der Waals surface area contributed by atoms with Crippen LogP contribution in [0.5, 0.6) is 5.75 Å². The fourth-order valence-corrected chi connectivity index (χ4v) is 3.28. The summed E-state index contributed by atoms with van der Waals surface area (Å²) < 4.78 is 58.5. The van der Waals surface area contributed by atoms with Crippen molar-refractivity contribution in [3.8, 4) is 5.75 Å². The number of amides is 1. The minimum atomic E-state index is -4.88. The van der Waals surface area contributed by atoms with Gasteiger partial charge in [-0.3, -0.25) is 4.79 Å². The molecule has 2 aromatic rings. The Morgan fingerprint density at radius 2 is 1.55 bits per heavy atom. The zero-order valence-corrected chi connectivity index (χ0v) is 17.6. The van der Waals surface area contributed by atoms with Gasteiger partial charge in [-0.25, -0.2) is 9.18 Å². The lowest BCUT2D eigenvalue weighted by molar-refractivity contribution is -0.0689. The highest BCUT2D eigenvalue weighted by Crippen LogP contribution is 2.39. The lowest BCUT2D eigenvalue weighted by Gasteiger charge is -2.32. The molecule has 0 aliphatic carbocycles. The molecule has 3 rings (SSSR count). The molecule has 0 N–H and O–H groups in total. The molecule has 1 aliphatic rings. The van der Waals surface area contributed by atoms with Gasteiger partial charge in [0, 0.05) is 5.56 Å². The molecule has 1 amide bonds. The van der Waals surface area contributed by atoms with Crippen LogP contribution in [0.4, 0.5) is 22.4 Å². The van der Waals surface area contributed by atoms with Crippen LogP contribution in [0.1, 0.15) is 15.9 Å². The van der Waals surface area contributed by atoms with E-state index in [-0.39, 0.29) is 39.5 Å². The first-order valence-corrected chi connectivity index (χ1v) is 9.78. The van der Waals surface area contributed by atoms with Gasteiger partial charge >= 0.3 is 12.3 Å². The molecule has 0 spiro atoms. The average Bonchev–Trinajstić information content (AvgIpc) is 2.66. The van der Waals surface area contributed by atoms with Crippen molar-refractivity contribution in [3.05, 3.63) is 68.7 Å². The Morgan fingerprint density at radius 1 is 1.00 bits per heavy atom. The molecule has 1 aliphatic heterocycles. The largest absolute Gasteiger partial charge is 0.417 e. The van der Waals surface area contributed by atoms with Gasteiger partial charge in [-0.2, -0.15) is 13.2 Å². The number of halogens is 7. The van der Waals surface area contributed by atoms with E-state index in [9.17, 15) is 27.2 Å². The van der Waals surface area contributed by atoms with Crippen molar-refractivity contribution in [1.82, 2.24) is 4.90 Å². The molecule has 2 aromatic carbocycles. The molecule has 11 heteroatoms. The molecule has 31 heavy (non-hydrogen) atoms. The number of nitrogens with zero attached hydrogens (tertiary/aromatic N) is 1. The molecule has 0 saturated carbocycles. The third kappa shape index (κ3) is 5.50. The average molecular weight is 497 g/mol. The molecule has 1 heterocycles. The Hall–Kier alpha value is -2.29. The number of ketones is 1. The van der Waals surface area contributed by atoms with Crippen molar-refractivity contribution in [3.63, 3.8) is 0 Å². The van der Waals surface area contributed by atoms with Crippen LogP contribution >= 0.6 is 34.8 Å². The number of carbonyl (C=O) groups excluding carboxylic acids is 2. The number of allylic oxidation sites excluding steroid dienone is 2. The molecule has 1 fully saturated rings. The summed E-state index contributed by atoms with van der Waals surface area (Å²) in [4.78, 5) is 25.3. The third-order valence-corrected chi connectivity index (χ3v) is 5.51. The van der Waals surface area contributed by atoms with Crippen molar-refractivity contribution in [2.24, 2.45) is 0 Å². The van der Waals surface area contributed by atoms with Crippen LogP contribution in [-0.2, 0) is 0 Å². The Labute approximate surface area is 188 Å². The van der Waals surface area contributed by atoms with Crippen molar-refractivity contribution in [2.75, 3.05) is 13.1 Å². The topological polar surface area (TPSA) is 46.6 Å². The molecule has 0 bridgehead atoms. The molecule has 4 nitrogen and oxygen atoms in total. The molecular formula is C20H12Cl3F4NO3. The van der Waals surface area contributed by atoms with E-state index in [2.05, 4.69) is 0 Å². The summed E-state index contributed by atoms with van der Waals surface area (Å²) in [7, 11) is 0. The summed E-state index contributed by atoms with van der Waals surface area (Å²) in [6.45, 7) is -0.141. The van der Waals surface area contributed by atoms with Gasteiger partial charge in [-0.1, -0.05) is 34.8 Å². The van der Waals surface area contributed by atoms with Crippen LogP contribution in [-0.4, -0.2) is 42.2 Å². The van der Waals surface area contributed by atoms with Crippen LogP contribution < -0.4 is 4.74 Å². The highest BCUT2D eigenvalue weighted by molar-refractivity contribution is 6.48. The minimum absolute atomic E-state index is 0.0557. The zero-order chi connectivity index (χ0) is 22.9. The maximum atomic E-state index is 13.6. The van der Waals surface area contributed by atoms with E-state index in [4.69, 9.17) is 39.5 Å². The van der Waals surface area contributed by atoms with Crippen molar-refractivity contribution >= 4 is 52.3 Å². The number of rotatable bonds is 4. The monoisotopic (exact) mass is 495 g/mol. The van der Waals surface area contributed by atoms with Gasteiger partial charge in [0.1, 0.15) is 11.9 Å². The zero-order valence-electron chi connectivity index (χ0n) is 15.4. The lowest BCUT2D eigenvalue weighted by atomic mass is 10.0. The minimum Gasteiger partial charge on any atom is -0.410 e. The van der Waals surface area contributed by atoms with Crippen LogP contribution in [0.15, 0.2) is 42.5 Å². The van der Waals surface area contributed by atoms with Gasteiger partial charge in [0.2, 0.25) is 0 Å². The maximum Gasteiger partial charge on any atom is 0.417 e. The highest BCUT2D eigenvalue weighted by atomic mass is 35.5. The maximum absolute atomic E-state index is 13.6. The van der Waals surface area contributed by atoms with Crippen molar-refractivity contribution in [1.29, 1.82) is 0 Å². The van der Waals surface area contributed by atoms with Crippen molar-refractivity contribution in [2.45, 2.75) is 12.3 Å². The van der Waals surface area contributed by atoms with Crippen LogP contribution in [0.3, 0.4) is 0 Å². The molecule has 0 radical (unpaired) electrons. The predicted molar refractivity (Wildman–Crippen MR) is 109 cm³/mol. The summed E-state index contributed by atoms with van der Waals surface area (Å²) in [6.07, 6.45) is -6.31. The number of likely N-dealkylation sites (tertiary alicyclic amines) is 1. The van der Waals surface area contributed by atoms with Crippen molar-refractivity contribution < 1.29 is 31.9 Å². The standard InChI is InChI=1S/C20H12Cl3F4NO3/c21-15-5-11(6-16(22)18(15)23)14(20(25,26)27)7-17(29)10-1-3-13(4-2-10)31-19(30)28-8-12(24)9-28/h1-7,12H,8-9H2/b14-7-. The number of hydrogen-bond donors (Lipinski definition) is 0. The van der Waals surface area contributed by atoms with E-state index in [0.717, 1.165) is 17.0 Å². The number of ether oxygens (including phenoxy) is 1. The SMILES string of the molecule is O=C(/C=C(/c1cc(Cl)c(Cl)c(Cl)c1)C(F)(F)F)c1ccc(OC(=O)N2CC(F)C2)cc1. The normalized spacial score (nSPS) is 14.9. The van der Waals surface area contributed by atoms with E-state index in [0.29, 0.717) is 6.08 Å². The first-order valence-electron chi connectivity index (χ1n) is 8.64. The van der Waals surface area contributed by atoms with E-state index in [1.165, 1.54) is 24.3 Å². The molecule has 164 valence electrons. The summed E-state index contributed by atoms with van der Waals surface area (Å²) in [6, 6.07) is 6.81. The van der Waals surface area contributed by atoms with Gasteiger partial charge in [0.15, 0.2) is 5.78 Å². The number of hydrogen-bond acceptors (Lipinski definition) is 3.